The maximum atomic E-state index is 13.1. The van der Waals surface area contributed by atoms with Crippen LogP contribution in [0, 0.1) is 17.8 Å². The Labute approximate surface area is 284 Å². The lowest BCUT2D eigenvalue weighted by molar-refractivity contribution is 0.0331. The van der Waals surface area contributed by atoms with Gasteiger partial charge in [-0.2, -0.15) is 0 Å². The first-order chi connectivity index (χ1) is 23.1. The van der Waals surface area contributed by atoms with Crippen LogP contribution in [0.3, 0.4) is 0 Å². The fourth-order valence-corrected chi connectivity index (χ4v) is 5.72. The first-order valence-corrected chi connectivity index (χ1v) is 16.6. The van der Waals surface area contributed by atoms with Crippen molar-refractivity contribution in [2.75, 3.05) is 0 Å². The molecular formula is C40H46N4O4. The molecule has 8 nitrogen and oxygen atoms in total. The lowest BCUT2D eigenvalue weighted by Gasteiger charge is -2.37. The second-order valence-corrected chi connectivity index (χ2v) is 12.8. The van der Waals surface area contributed by atoms with E-state index in [4.69, 9.17) is 0 Å². The van der Waals surface area contributed by atoms with Gasteiger partial charge < -0.3 is 0 Å². The van der Waals surface area contributed by atoms with Gasteiger partial charge in [0.05, 0.1) is 12.1 Å². The molecule has 4 aromatic carbocycles. The van der Waals surface area contributed by atoms with E-state index in [-0.39, 0.29) is 47.5 Å². The predicted molar refractivity (Wildman–Crippen MR) is 189 cm³/mol. The zero-order valence-electron chi connectivity index (χ0n) is 28.4. The van der Waals surface area contributed by atoms with Gasteiger partial charge in [-0.1, -0.05) is 100 Å². The van der Waals surface area contributed by atoms with Crippen LogP contribution in [0.25, 0.3) is 0 Å². The molecule has 4 amide bonds. The van der Waals surface area contributed by atoms with E-state index in [1.807, 2.05) is 67.6 Å². The van der Waals surface area contributed by atoms with E-state index in [2.05, 4.69) is 38.5 Å². The topological polar surface area (TPSA) is 98.8 Å². The summed E-state index contributed by atoms with van der Waals surface area (Å²) in [5.41, 5.74) is 7.84. The molecule has 0 heterocycles. The van der Waals surface area contributed by atoms with Crippen LogP contribution in [0.1, 0.15) is 88.9 Å². The summed E-state index contributed by atoms with van der Waals surface area (Å²) in [5, 5.41) is 2.99. The molecule has 0 aromatic heterocycles. The van der Waals surface area contributed by atoms with Crippen molar-refractivity contribution in [3.8, 4) is 0 Å². The van der Waals surface area contributed by atoms with Gasteiger partial charge in [-0.25, -0.2) is 10.0 Å². The Morgan fingerprint density at radius 2 is 0.812 bits per heavy atom. The number of hydrazine groups is 2. The summed E-state index contributed by atoms with van der Waals surface area (Å²) in [6.45, 7) is 10.2. The molecule has 0 spiro atoms. The van der Waals surface area contributed by atoms with E-state index in [0.29, 0.717) is 28.2 Å². The van der Waals surface area contributed by atoms with Crippen molar-refractivity contribution in [3.05, 3.63) is 144 Å². The van der Waals surface area contributed by atoms with E-state index in [0.717, 1.165) is 12.8 Å². The number of rotatable bonds is 9. The summed E-state index contributed by atoms with van der Waals surface area (Å²) >= 11 is 0. The largest absolute Gasteiger partial charge is 0.272 e. The van der Waals surface area contributed by atoms with Crippen LogP contribution < -0.4 is 10.9 Å². The average molecular weight is 647 g/mol. The summed E-state index contributed by atoms with van der Waals surface area (Å²) < 4.78 is 0. The Morgan fingerprint density at radius 1 is 0.500 bits per heavy atom. The summed E-state index contributed by atoms with van der Waals surface area (Å²) in [7, 11) is 0. The van der Waals surface area contributed by atoms with Crippen molar-refractivity contribution in [1.29, 1.82) is 0 Å². The van der Waals surface area contributed by atoms with Gasteiger partial charge in [0, 0.05) is 22.3 Å². The lowest BCUT2D eigenvalue weighted by atomic mass is 9.92. The average Bonchev–Trinajstić information content (AvgIpc) is 3.97. The quantitative estimate of drug-likeness (QED) is 0.185. The summed E-state index contributed by atoms with van der Waals surface area (Å²) in [6.07, 6.45) is 2.20. The third-order valence-corrected chi connectivity index (χ3v) is 8.37. The molecule has 4 aromatic rings. The molecule has 1 atom stereocenters. The summed E-state index contributed by atoms with van der Waals surface area (Å²) in [5.74, 6) is -0.0590. The Balaban J connectivity index is 0.000000217. The van der Waals surface area contributed by atoms with Crippen molar-refractivity contribution in [1.82, 2.24) is 20.9 Å². The molecule has 0 bridgehead atoms. The van der Waals surface area contributed by atoms with Crippen molar-refractivity contribution < 1.29 is 19.2 Å². The smallest absolute Gasteiger partial charge is 0.267 e. The van der Waals surface area contributed by atoms with Crippen molar-refractivity contribution >= 4 is 23.6 Å². The van der Waals surface area contributed by atoms with E-state index in [1.54, 1.807) is 60.7 Å². The third kappa shape index (κ3) is 9.64. The molecule has 1 aliphatic rings. The van der Waals surface area contributed by atoms with Gasteiger partial charge in [-0.05, 0) is 86.1 Å². The molecular weight excluding hydrogens is 600 g/mol. The van der Waals surface area contributed by atoms with Gasteiger partial charge >= 0.3 is 0 Å². The Kier molecular flexibility index (Phi) is 12.7. The highest BCUT2D eigenvalue weighted by Gasteiger charge is 2.36. The molecule has 0 radical (unpaired) electrons. The zero-order valence-corrected chi connectivity index (χ0v) is 28.4. The maximum Gasteiger partial charge on any atom is 0.272 e. The van der Waals surface area contributed by atoms with Gasteiger partial charge in [0.15, 0.2) is 0 Å². The van der Waals surface area contributed by atoms with E-state index in [1.165, 1.54) is 10.0 Å². The number of benzene rings is 4. The molecule has 1 aliphatic carbocycles. The highest BCUT2D eigenvalue weighted by molar-refractivity contribution is 6.00. The van der Waals surface area contributed by atoms with E-state index >= 15 is 0 Å². The number of nitrogens with one attached hydrogen (secondary N) is 2. The van der Waals surface area contributed by atoms with Crippen LogP contribution in [0.2, 0.25) is 0 Å². The van der Waals surface area contributed by atoms with Gasteiger partial charge in [0.2, 0.25) is 0 Å². The molecule has 2 N–H and O–H groups in total. The Morgan fingerprint density at radius 3 is 1.15 bits per heavy atom. The monoisotopic (exact) mass is 646 g/mol. The number of hydrogen-bond acceptors (Lipinski definition) is 4. The second kappa shape index (κ2) is 17.1. The van der Waals surface area contributed by atoms with Crippen molar-refractivity contribution in [3.63, 3.8) is 0 Å². The first kappa shape index (κ1) is 35.6. The van der Waals surface area contributed by atoms with Gasteiger partial charge in [0.25, 0.3) is 23.6 Å². The SMILES string of the molecule is CC(C)C(C(C)C)N(NC(=O)c1ccccc1)C(=O)c1ccccc1.CC(C1CC1)N(NC(=O)c1ccccc1)C(=O)c1ccccc1. The molecule has 250 valence electrons. The highest BCUT2D eigenvalue weighted by Crippen LogP contribution is 2.35. The minimum absolute atomic E-state index is 0.0182. The third-order valence-electron chi connectivity index (χ3n) is 8.37. The van der Waals surface area contributed by atoms with Crippen LogP contribution in [-0.2, 0) is 0 Å². The minimum atomic E-state index is -0.281. The number of carbonyl (C=O) groups excluding carboxylic acids is 4. The Hall–Kier alpha value is -5.24. The predicted octanol–water partition coefficient (Wildman–Crippen LogP) is 7.43. The van der Waals surface area contributed by atoms with Crippen LogP contribution in [-0.4, -0.2) is 45.7 Å². The zero-order chi connectivity index (χ0) is 34.6. The van der Waals surface area contributed by atoms with Crippen LogP contribution in [0.5, 0.6) is 0 Å². The molecule has 0 aliphatic heterocycles. The van der Waals surface area contributed by atoms with Crippen molar-refractivity contribution in [2.45, 2.75) is 59.5 Å². The van der Waals surface area contributed by atoms with Gasteiger partial charge in [-0.15, -0.1) is 0 Å². The fraction of sp³-hybridized carbons (Fsp3) is 0.300. The van der Waals surface area contributed by atoms with E-state index < -0.39 is 0 Å². The standard InChI is InChI=1S/C21H26N2O2.C19H20N2O2/c1-15(2)19(16(3)4)23(21(25)18-13-9-6-10-14-18)22-20(24)17-11-7-5-8-12-17;1-14(15-12-13-15)21(19(23)17-10-6-3-7-11-17)20-18(22)16-8-4-2-5-9-16/h5-16,19H,1-4H3,(H,22,24);2-11,14-15H,12-13H2,1H3,(H,20,22). The number of nitrogens with zero attached hydrogens (tertiary/aromatic N) is 2. The lowest BCUT2D eigenvalue weighted by Crippen LogP contribution is -2.55. The van der Waals surface area contributed by atoms with Crippen LogP contribution in [0.15, 0.2) is 121 Å². The number of carbonyl (C=O) groups is 4. The minimum Gasteiger partial charge on any atom is -0.267 e. The molecule has 5 rings (SSSR count). The normalized spacial score (nSPS) is 12.8. The van der Waals surface area contributed by atoms with Gasteiger partial charge in [0.1, 0.15) is 0 Å². The molecule has 48 heavy (non-hydrogen) atoms. The second-order valence-electron chi connectivity index (χ2n) is 12.8. The molecule has 1 saturated carbocycles. The molecule has 1 fully saturated rings. The molecule has 8 heteroatoms. The van der Waals surface area contributed by atoms with E-state index in [9.17, 15) is 19.2 Å². The van der Waals surface area contributed by atoms with Crippen LogP contribution >= 0.6 is 0 Å². The molecule has 1 unspecified atom stereocenters. The maximum absolute atomic E-state index is 13.1. The summed E-state index contributed by atoms with van der Waals surface area (Å²) in [6, 6.07) is 35.9. The molecule has 0 saturated heterocycles. The van der Waals surface area contributed by atoms with Crippen LogP contribution in [0.4, 0.5) is 0 Å². The van der Waals surface area contributed by atoms with Gasteiger partial charge in [-0.3, -0.25) is 30.0 Å². The number of hydrogen-bond donors (Lipinski definition) is 2. The first-order valence-electron chi connectivity index (χ1n) is 16.6. The Bertz CT molecular complexity index is 1620. The summed E-state index contributed by atoms with van der Waals surface area (Å²) in [4.78, 5) is 50.9. The van der Waals surface area contributed by atoms with Crippen molar-refractivity contribution in [2.24, 2.45) is 17.8 Å². The highest BCUT2D eigenvalue weighted by atomic mass is 16.2. The number of amides is 4. The fourth-order valence-electron chi connectivity index (χ4n) is 5.72.